The normalized spacial score (nSPS) is 10.3. The van der Waals surface area contributed by atoms with Gasteiger partial charge in [0.15, 0.2) is 0 Å². The highest BCUT2D eigenvalue weighted by Crippen LogP contribution is 2.20. The number of methoxy groups -OCH3 is 1. The van der Waals surface area contributed by atoms with Crippen LogP contribution in [0.3, 0.4) is 0 Å². The van der Waals surface area contributed by atoms with Crippen LogP contribution >= 0.6 is 0 Å². The predicted octanol–water partition coefficient (Wildman–Crippen LogP) is 4.11. The number of hydrogen-bond donors (Lipinski definition) is 2. The maximum absolute atomic E-state index is 12.4. The molecule has 0 saturated carbocycles. The van der Waals surface area contributed by atoms with Gasteiger partial charge in [-0.15, -0.1) is 0 Å². The van der Waals surface area contributed by atoms with E-state index in [0.717, 1.165) is 34.7 Å². The van der Waals surface area contributed by atoms with E-state index in [2.05, 4.69) is 15.6 Å². The minimum Gasteiger partial charge on any atom is -0.497 e. The standard InChI is InChI=1S/C22H23N3O2/c1-16-6-3-4-9-20(16)25-18-11-13-23-21(15-18)22(26)24-12-10-17-7-5-8-19(14-17)27-2/h3-9,11,13-15H,10,12H2,1-2H3,(H,23,25)(H,24,26). The summed E-state index contributed by atoms with van der Waals surface area (Å²) in [5, 5.41) is 6.25. The van der Waals surface area contributed by atoms with Gasteiger partial charge in [-0.3, -0.25) is 9.78 Å². The number of ether oxygens (including phenoxy) is 1. The van der Waals surface area contributed by atoms with Crippen molar-refractivity contribution in [3.8, 4) is 5.75 Å². The molecule has 0 aliphatic heterocycles. The molecular weight excluding hydrogens is 338 g/mol. The van der Waals surface area contributed by atoms with Crippen LogP contribution < -0.4 is 15.4 Å². The topological polar surface area (TPSA) is 63.2 Å². The van der Waals surface area contributed by atoms with Gasteiger partial charge in [-0.1, -0.05) is 30.3 Å². The van der Waals surface area contributed by atoms with Crippen molar-refractivity contribution < 1.29 is 9.53 Å². The maximum atomic E-state index is 12.4. The molecule has 0 aliphatic carbocycles. The number of para-hydroxylation sites is 1. The molecule has 2 N–H and O–H groups in total. The van der Waals surface area contributed by atoms with E-state index in [0.29, 0.717) is 12.2 Å². The van der Waals surface area contributed by atoms with Crippen LogP contribution in [0.25, 0.3) is 0 Å². The Bertz CT molecular complexity index is 925. The SMILES string of the molecule is COc1cccc(CCNC(=O)c2cc(Nc3ccccc3C)ccn2)c1. The molecule has 0 bridgehead atoms. The summed E-state index contributed by atoms with van der Waals surface area (Å²) >= 11 is 0. The first-order chi connectivity index (χ1) is 13.2. The summed E-state index contributed by atoms with van der Waals surface area (Å²) in [4.78, 5) is 16.6. The van der Waals surface area contributed by atoms with E-state index in [1.54, 1.807) is 19.4 Å². The van der Waals surface area contributed by atoms with Gasteiger partial charge in [0, 0.05) is 24.1 Å². The van der Waals surface area contributed by atoms with Crippen molar-refractivity contribution in [3.05, 3.63) is 83.7 Å². The number of anilines is 2. The number of aromatic nitrogens is 1. The lowest BCUT2D eigenvalue weighted by Crippen LogP contribution is -2.26. The first-order valence-electron chi connectivity index (χ1n) is 8.85. The van der Waals surface area contributed by atoms with Crippen molar-refractivity contribution in [1.82, 2.24) is 10.3 Å². The zero-order valence-electron chi connectivity index (χ0n) is 15.5. The third-order valence-electron chi connectivity index (χ3n) is 4.25. The first-order valence-corrected chi connectivity index (χ1v) is 8.85. The molecule has 0 unspecified atom stereocenters. The summed E-state index contributed by atoms with van der Waals surface area (Å²) in [5.41, 5.74) is 4.47. The van der Waals surface area contributed by atoms with E-state index in [-0.39, 0.29) is 5.91 Å². The monoisotopic (exact) mass is 361 g/mol. The highest BCUT2D eigenvalue weighted by Gasteiger charge is 2.08. The molecule has 2 aromatic carbocycles. The largest absolute Gasteiger partial charge is 0.497 e. The van der Waals surface area contributed by atoms with Crippen LogP contribution in [0.15, 0.2) is 66.9 Å². The van der Waals surface area contributed by atoms with Crippen LogP contribution in [-0.4, -0.2) is 24.5 Å². The van der Waals surface area contributed by atoms with Crippen molar-refractivity contribution in [2.75, 3.05) is 19.0 Å². The highest BCUT2D eigenvalue weighted by molar-refractivity contribution is 5.93. The van der Waals surface area contributed by atoms with Gasteiger partial charge in [-0.25, -0.2) is 0 Å². The average Bonchev–Trinajstić information content (AvgIpc) is 2.70. The van der Waals surface area contributed by atoms with Gasteiger partial charge in [0.1, 0.15) is 11.4 Å². The van der Waals surface area contributed by atoms with Gasteiger partial charge in [0.25, 0.3) is 5.91 Å². The van der Waals surface area contributed by atoms with E-state index in [9.17, 15) is 4.79 Å². The number of hydrogen-bond acceptors (Lipinski definition) is 4. The summed E-state index contributed by atoms with van der Waals surface area (Å²) in [7, 11) is 1.64. The molecule has 3 aromatic rings. The number of aryl methyl sites for hydroxylation is 1. The van der Waals surface area contributed by atoms with Crippen LogP contribution in [0, 0.1) is 6.92 Å². The van der Waals surface area contributed by atoms with E-state index < -0.39 is 0 Å². The van der Waals surface area contributed by atoms with E-state index >= 15 is 0 Å². The van der Waals surface area contributed by atoms with Crippen molar-refractivity contribution >= 4 is 17.3 Å². The van der Waals surface area contributed by atoms with Crippen molar-refractivity contribution in [1.29, 1.82) is 0 Å². The molecule has 0 spiro atoms. The van der Waals surface area contributed by atoms with Crippen molar-refractivity contribution in [2.24, 2.45) is 0 Å². The fourth-order valence-electron chi connectivity index (χ4n) is 2.74. The van der Waals surface area contributed by atoms with Crippen LogP contribution in [0.1, 0.15) is 21.6 Å². The molecule has 5 nitrogen and oxygen atoms in total. The van der Waals surface area contributed by atoms with Crippen LogP contribution in [0.5, 0.6) is 5.75 Å². The van der Waals surface area contributed by atoms with Crippen molar-refractivity contribution in [3.63, 3.8) is 0 Å². The zero-order chi connectivity index (χ0) is 19.1. The number of carbonyl (C=O) groups excluding carboxylic acids is 1. The molecule has 1 aromatic heterocycles. The molecule has 0 saturated heterocycles. The lowest BCUT2D eigenvalue weighted by atomic mass is 10.1. The molecule has 0 aliphatic rings. The van der Waals surface area contributed by atoms with E-state index in [1.165, 1.54) is 0 Å². The molecular formula is C22H23N3O2. The third kappa shape index (κ3) is 5.07. The minimum atomic E-state index is -0.189. The molecule has 138 valence electrons. The Hall–Kier alpha value is -3.34. The Labute approximate surface area is 159 Å². The van der Waals surface area contributed by atoms with Gasteiger partial charge in [0.05, 0.1) is 7.11 Å². The number of amides is 1. The molecule has 0 fully saturated rings. The Morgan fingerprint density at radius 1 is 1.07 bits per heavy atom. The predicted molar refractivity (Wildman–Crippen MR) is 108 cm³/mol. The first kappa shape index (κ1) is 18.5. The molecule has 5 heteroatoms. The number of benzene rings is 2. The summed E-state index contributed by atoms with van der Waals surface area (Å²) in [6, 6.07) is 19.4. The van der Waals surface area contributed by atoms with E-state index in [4.69, 9.17) is 4.74 Å². The summed E-state index contributed by atoms with van der Waals surface area (Å²) in [6.45, 7) is 2.57. The molecule has 3 rings (SSSR count). The molecule has 27 heavy (non-hydrogen) atoms. The summed E-state index contributed by atoms with van der Waals surface area (Å²) in [6.07, 6.45) is 2.36. The van der Waals surface area contributed by atoms with Crippen LogP contribution in [0.2, 0.25) is 0 Å². The number of pyridine rings is 1. The molecule has 0 radical (unpaired) electrons. The lowest BCUT2D eigenvalue weighted by molar-refractivity contribution is 0.0949. The van der Waals surface area contributed by atoms with Gasteiger partial charge in [0.2, 0.25) is 0 Å². The lowest BCUT2D eigenvalue weighted by Gasteiger charge is -2.10. The summed E-state index contributed by atoms with van der Waals surface area (Å²) < 4.78 is 5.22. The number of rotatable bonds is 7. The van der Waals surface area contributed by atoms with Gasteiger partial charge in [-0.05, 0) is 54.8 Å². The molecule has 0 atom stereocenters. The maximum Gasteiger partial charge on any atom is 0.269 e. The molecule has 1 amide bonds. The highest BCUT2D eigenvalue weighted by atomic mass is 16.5. The number of carbonyl (C=O) groups is 1. The smallest absolute Gasteiger partial charge is 0.269 e. The second-order valence-corrected chi connectivity index (χ2v) is 6.23. The summed E-state index contributed by atoms with van der Waals surface area (Å²) in [5.74, 6) is 0.627. The van der Waals surface area contributed by atoms with E-state index in [1.807, 2.05) is 61.5 Å². The Morgan fingerprint density at radius 2 is 1.93 bits per heavy atom. The number of nitrogens with zero attached hydrogens (tertiary/aromatic N) is 1. The quantitative estimate of drug-likeness (QED) is 0.665. The van der Waals surface area contributed by atoms with Gasteiger partial charge >= 0.3 is 0 Å². The number of nitrogens with one attached hydrogen (secondary N) is 2. The Kier molecular flexibility index (Phi) is 6.05. The van der Waals surface area contributed by atoms with Crippen molar-refractivity contribution in [2.45, 2.75) is 13.3 Å². The molecule has 1 heterocycles. The zero-order valence-corrected chi connectivity index (χ0v) is 15.5. The van der Waals surface area contributed by atoms with Crippen LogP contribution in [-0.2, 0) is 6.42 Å². The second kappa shape index (κ2) is 8.85. The fraction of sp³-hybridized carbons (Fsp3) is 0.182. The Morgan fingerprint density at radius 3 is 2.74 bits per heavy atom. The second-order valence-electron chi connectivity index (χ2n) is 6.23. The van der Waals surface area contributed by atoms with Crippen LogP contribution in [0.4, 0.5) is 11.4 Å². The van der Waals surface area contributed by atoms with Gasteiger partial charge < -0.3 is 15.4 Å². The Balaban J connectivity index is 1.59. The van der Waals surface area contributed by atoms with Gasteiger partial charge in [-0.2, -0.15) is 0 Å². The third-order valence-corrected chi connectivity index (χ3v) is 4.25. The fourth-order valence-corrected chi connectivity index (χ4v) is 2.74. The minimum absolute atomic E-state index is 0.189. The average molecular weight is 361 g/mol.